The van der Waals surface area contributed by atoms with Crippen LogP contribution < -0.4 is 31.3 Å². The number of nitrogens with two attached hydrogens (primary N) is 1. The SMILES string of the molecule is COc1cc(N2CCC(N3CCCC3)CC2)ccc1Nc1nc2c(c(Nc3cc(F)ccc3C(N)=O)n1)CCN2. The summed E-state index contributed by atoms with van der Waals surface area (Å²) in [7, 11) is 1.65. The average Bonchev–Trinajstić information content (AvgIpc) is 3.66. The predicted octanol–water partition coefficient (Wildman–Crippen LogP) is 4.24. The maximum absolute atomic E-state index is 14.0. The fourth-order valence-electron chi connectivity index (χ4n) is 5.99. The first-order valence-electron chi connectivity index (χ1n) is 13.9. The predicted molar refractivity (Wildman–Crippen MR) is 155 cm³/mol. The number of primary amides is 1. The van der Waals surface area contributed by atoms with Gasteiger partial charge in [0.1, 0.15) is 23.2 Å². The van der Waals surface area contributed by atoms with Crippen LogP contribution in [0.15, 0.2) is 36.4 Å². The second-order valence-corrected chi connectivity index (χ2v) is 10.5. The Morgan fingerprint density at radius 1 is 1.05 bits per heavy atom. The first kappa shape index (κ1) is 26.1. The van der Waals surface area contributed by atoms with Crippen LogP contribution in [0.25, 0.3) is 0 Å². The van der Waals surface area contributed by atoms with Crippen LogP contribution in [0, 0.1) is 5.82 Å². The molecule has 0 radical (unpaired) electrons. The van der Waals surface area contributed by atoms with Crippen molar-refractivity contribution in [3.05, 3.63) is 53.3 Å². The Labute approximate surface area is 233 Å². The molecule has 6 rings (SSSR count). The molecule has 1 amide bonds. The Morgan fingerprint density at radius 2 is 1.85 bits per heavy atom. The Kier molecular flexibility index (Phi) is 7.29. The Hall–Kier alpha value is -4.12. The number of anilines is 6. The number of hydrogen-bond acceptors (Lipinski definition) is 9. The number of hydrogen-bond donors (Lipinski definition) is 4. The summed E-state index contributed by atoms with van der Waals surface area (Å²) in [5.74, 6) is 1.03. The smallest absolute Gasteiger partial charge is 0.250 e. The molecule has 11 heteroatoms. The molecule has 3 aromatic rings. The summed E-state index contributed by atoms with van der Waals surface area (Å²) >= 11 is 0. The third-order valence-electron chi connectivity index (χ3n) is 8.09. The monoisotopic (exact) mass is 546 g/mol. The number of nitrogens with one attached hydrogen (secondary N) is 3. The molecule has 3 aliphatic rings. The zero-order valence-corrected chi connectivity index (χ0v) is 22.7. The van der Waals surface area contributed by atoms with E-state index in [-0.39, 0.29) is 11.3 Å². The lowest BCUT2D eigenvalue weighted by Crippen LogP contribution is -2.43. The van der Waals surface area contributed by atoms with E-state index in [2.05, 4.69) is 47.9 Å². The number of carbonyl (C=O) groups excluding carboxylic acids is 1. The molecule has 4 heterocycles. The van der Waals surface area contributed by atoms with Crippen LogP contribution in [0.4, 0.5) is 39.0 Å². The van der Waals surface area contributed by atoms with E-state index in [4.69, 9.17) is 10.5 Å². The Balaban J connectivity index is 1.22. The third kappa shape index (κ3) is 5.33. The summed E-state index contributed by atoms with van der Waals surface area (Å²) in [6.45, 7) is 5.23. The molecular formula is C29H35FN8O2. The van der Waals surface area contributed by atoms with Gasteiger partial charge in [-0.2, -0.15) is 9.97 Å². The lowest BCUT2D eigenvalue weighted by Gasteiger charge is -2.38. The van der Waals surface area contributed by atoms with E-state index in [1.54, 1.807) is 7.11 Å². The van der Waals surface area contributed by atoms with Crippen molar-refractivity contribution in [1.29, 1.82) is 0 Å². The van der Waals surface area contributed by atoms with Gasteiger partial charge >= 0.3 is 0 Å². The van der Waals surface area contributed by atoms with Gasteiger partial charge in [-0.05, 0) is 75.5 Å². The minimum atomic E-state index is -0.658. The van der Waals surface area contributed by atoms with Crippen molar-refractivity contribution in [2.45, 2.75) is 38.1 Å². The van der Waals surface area contributed by atoms with Gasteiger partial charge < -0.3 is 36.2 Å². The minimum absolute atomic E-state index is 0.177. The molecule has 40 heavy (non-hydrogen) atoms. The summed E-state index contributed by atoms with van der Waals surface area (Å²) in [5.41, 5.74) is 8.66. The van der Waals surface area contributed by atoms with Gasteiger partial charge in [0.15, 0.2) is 0 Å². The molecule has 0 spiro atoms. The number of rotatable bonds is 8. The van der Waals surface area contributed by atoms with E-state index < -0.39 is 11.7 Å². The summed E-state index contributed by atoms with van der Waals surface area (Å²) in [5, 5.41) is 9.66. The number of carbonyl (C=O) groups is 1. The van der Waals surface area contributed by atoms with Crippen LogP contribution in [0.2, 0.25) is 0 Å². The Morgan fingerprint density at radius 3 is 2.60 bits per heavy atom. The van der Waals surface area contributed by atoms with E-state index in [9.17, 15) is 9.18 Å². The highest BCUT2D eigenvalue weighted by Crippen LogP contribution is 2.36. The molecule has 3 aliphatic heterocycles. The number of aromatic nitrogens is 2. The number of methoxy groups -OCH3 is 1. The minimum Gasteiger partial charge on any atom is -0.494 e. The fraction of sp³-hybridized carbons (Fsp3) is 0.414. The quantitative estimate of drug-likeness (QED) is 0.329. The van der Waals surface area contributed by atoms with E-state index in [1.165, 1.54) is 57.0 Å². The van der Waals surface area contributed by atoms with E-state index in [0.717, 1.165) is 30.0 Å². The number of benzene rings is 2. The van der Waals surface area contributed by atoms with E-state index >= 15 is 0 Å². The molecule has 2 aromatic carbocycles. The standard InChI is InChI=1S/C29H35FN8O2/c1-40-25-17-20(38-14-9-19(10-15-38)37-12-2-3-13-37)5-7-23(25)34-29-35-27-22(8-11-32-27)28(36-29)33-24-16-18(30)4-6-21(24)26(31)39/h4-7,16-17,19H,2-3,8-15H2,1H3,(H2,31,39)(H3,32,33,34,35,36). The van der Waals surface area contributed by atoms with Crippen molar-refractivity contribution >= 4 is 40.6 Å². The number of ether oxygens (including phenoxy) is 1. The van der Waals surface area contributed by atoms with Crippen molar-refractivity contribution in [3.8, 4) is 5.75 Å². The van der Waals surface area contributed by atoms with Gasteiger partial charge in [-0.1, -0.05) is 0 Å². The highest BCUT2D eigenvalue weighted by Gasteiger charge is 2.27. The van der Waals surface area contributed by atoms with Gasteiger partial charge in [-0.3, -0.25) is 4.79 Å². The lowest BCUT2D eigenvalue weighted by atomic mass is 10.0. The number of amides is 1. The molecule has 0 saturated carbocycles. The van der Waals surface area contributed by atoms with E-state index in [1.807, 2.05) is 6.07 Å². The third-order valence-corrected chi connectivity index (χ3v) is 8.09. The molecular weight excluding hydrogens is 511 g/mol. The molecule has 2 saturated heterocycles. The first-order valence-corrected chi connectivity index (χ1v) is 13.9. The molecule has 10 nitrogen and oxygen atoms in total. The molecule has 0 unspecified atom stereocenters. The van der Waals surface area contributed by atoms with Gasteiger partial charge in [-0.15, -0.1) is 0 Å². The van der Waals surface area contributed by atoms with Crippen LogP contribution in [-0.2, 0) is 6.42 Å². The summed E-state index contributed by atoms with van der Waals surface area (Å²) in [4.78, 5) is 26.3. The highest BCUT2D eigenvalue weighted by atomic mass is 19.1. The zero-order chi connectivity index (χ0) is 27.6. The summed E-state index contributed by atoms with van der Waals surface area (Å²) in [6, 6.07) is 10.6. The van der Waals surface area contributed by atoms with Crippen molar-refractivity contribution in [3.63, 3.8) is 0 Å². The number of piperidine rings is 1. The normalized spacial score (nSPS) is 17.4. The Bertz CT molecular complexity index is 1400. The van der Waals surface area contributed by atoms with Crippen LogP contribution in [0.3, 0.4) is 0 Å². The fourth-order valence-corrected chi connectivity index (χ4v) is 5.99. The van der Waals surface area contributed by atoms with Crippen LogP contribution >= 0.6 is 0 Å². The average molecular weight is 547 g/mol. The van der Waals surface area contributed by atoms with Gasteiger partial charge in [0, 0.05) is 43.0 Å². The largest absolute Gasteiger partial charge is 0.494 e. The van der Waals surface area contributed by atoms with Crippen molar-refractivity contribution < 1.29 is 13.9 Å². The van der Waals surface area contributed by atoms with Gasteiger partial charge in [0.2, 0.25) is 5.95 Å². The number of nitrogens with zero attached hydrogens (tertiary/aromatic N) is 4. The second-order valence-electron chi connectivity index (χ2n) is 10.5. The molecule has 210 valence electrons. The van der Waals surface area contributed by atoms with Crippen LogP contribution in [-0.4, -0.2) is 66.7 Å². The molecule has 0 aliphatic carbocycles. The molecule has 2 fully saturated rings. The second kappa shape index (κ2) is 11.2. The number of likely N-dealkylation sites (tertiary alicyclic amines) is 1. The van der Waals surface area contributed by atoms with Crippen molar-refractivity contribution in [2.24, 2.45) is 5.73 Å². The van der Waals surface area contributed by atoms with Gasteiger partial charge in [-0.25, -0.2) is 4.39 Å². The highest BCUT2D eigenvalue weighted by molar-refractivity contribution is 5.99. The first-order chi connectivity index (χ1) is 19.5. The summed E-state index contributed by atoms with van der Waals surface area (Å²) in [6.07, 6.45) is 5.69. The molecule has 5 N–H and O–H groups in total. The maximum atomic E-state index is 14.0. The summed E-state index contributed by atoms with van der Waals surface area (Å²) < 4.78 is 19.8. The topological polar surface area (TPSA) is 121 Å². The van der Waals surface area contributed by atoms with Crippen molar-refractivity contribution in [2.75, 3.05) is 60.7 Å². The molecule has 0 bridgehead atoms. The lowest BCUT2D eigenvalue weighted by molar-refractivity contribution is 0.100. The van der Waals surface area contributed by atoms with Crippen molar-refractivity contribution in [1.82, 2.24) is 14.9 Å². The number of fused-ring (bicyclic) bond motifs is 1. The van der Waals surface area contributed by atoms with Crippen LogP contribution in [0.1, 0.15) is 41.6 Å². The van der Waals surface area contributed by atoms with E-state index in [0.29, 0.717) is 42.3 Å². The van der Waals surface area contributed by atoms with Gasteiger partial charge in [0.05, 0.1) is 24.0 Å². The van der Waals surface area contributed by atoms with Crippen LogP contribution in [0.5, 0.6) is 5.75 Å². The zero-order valence-electron chi connectivity index (χ0n) is 22.7. The number of halogens is 1. The molecule has 1 aromatic heterocycles. The maximum Gasteiger partial charge on any atom is 0.250 e. The molecule has 0 atom stereocenters. The van der Waals surface area contributed by atoms with Gasteiger partial charge in [0.25, 0.3) is 5.91 Å².